The average molecular weight is 274 g/mol. The number of para-hydroxylation sites is 1. The lowest BCUT2D eigenvalue weighted by Gasteiger charge is -2.08. The van der Waals surface area contributed by atoms with Crippen LogP contribution in [0.5, 0.6) is 11.6 Å². The summed E-state index contributed by atoms with van der Waals surface area (Å²) >= 11 is 0. The zero-order valence-electron chi connectivity index (χ0n) is 10.1. The summed E-state index contributed by atoms with van der Waals surface area (Å²) in [6.07, 6.45) is 0. The number of hydrogen-bond donors (Lipinski definition) is 2. The predicted molar refractivity (Wildman–Crippen MR) is 70.3 cm³/mol. The number of nitrogens with two attached hydrogens (primary N) is 2. The highest BCUT2D eigenvalue weighted by Gasteiger charge is 2.15. The summed E-state index contributed by atoms with van der Waals surface area (Å²) in [4.78, 5) is 25.0. The maximum absolute atomic E-state index is 11.2. The molecule has 0 spiro atoms. The molecule has 0 aliphatic rings. The monoisotopic (exact) mass is 274 g/mol. The van der Waals surface area contributed by atoms with Crippen molar-refractivity contribution in [1.29, 1.82) is 0 Å². The fourth-order valence-electron chi connectivity index (χ4n) is 1.53. The molecule has 0 unspecified atom stereocenters. The average Bonchev–Trinajstić information content (AvgIpc) is 2.38. The third kappa shape index (κ3) is 2.64. The van der Waals surface area contributed by atoms with E-state index in [9.17, 15) is 14.9 Å². The Hall–Kier alpha value is -3.16. The lowest BCUT2D eigenvalue weighted by molar-refractivity contribution is -0.384. The van der Waals surface area contributed by atoms with Gasteiger partial charge in [0.1, 0.15) is 5.75 Å². The molecular weight excluding hydrogens is 264 g/mol. The third-order valence-corrected chi connectivity index (χ3v) is 2.44. The van der Waals surface area contributed by atoms with Crippen LogP contribution in [0.1, 0.15) is 10.4 Å². The fourth-order valence-corrected chi connectivity index (χ4v) is 1.53. The summed E-state index contributed by atoms with van der Waals surface area (Å²) in [6, 6.07) is 8.75. The van der Waals surface area contributed by atoms with Crippen molar-refractivity contribution in [2.24, 2.45) is 5.73 Å². The number of rotatable bonds is 4. The first kappa shape index (κ1) is 13.3. The van der Waals surface area contributed by atoms with Crippen molar-refractivity contribution in [3.05, 3.63) is 52.1 Å². The molecule has 20 heavy (non-hydrogen) atoms. The van der Waals surface area contributed by atoms with Crippen LogP contribution in [0.2, 0.25) is 0 Å². The van der Waals surface area contributed by atoms with Crippen LogP contribution in [0, 0.1) is 10.1 Å². The number of aromatic nitrogens is 1. The van der Waals surface area contributed by atoms with Crippen molar-refractivity contribution in [2.45, 2.75) is 0 Å². The number of nitro groups is 1. The summed E-state index contributed by atoms with van der Waals surface area (Å²) in [7, 11) is 0. The van der Waals surface area contributed by atoms with E-state index in [-0.39, 0.29) is 28.7 Å². The second-order valence-electron chi connectivity index (χ2n) is 3.77. The summed E-state index contributed by atoms with van der Waals surface area (Å²) in [5.41, 5.74) is 10.5. The van der Waals surface area contributed by atoms with Gasteiger partial charge in [0, 0.05) is 12.1 Å². The van der Waals surface area contributed by atoms with Gasteiger partial charge in [-0.2, -0.15) is 4.98 Å². The molecule has 0 saturated carbocycles. The van der Waals surface area contributed by atoms with E-state index in [0.29, 0.717) is 0 Å². The number of ether oxygens (including phenoxy) is 1. The van der Waals surface area contributed by atoms with Gasteiger partial charge in [-0.25, -0.2) is 0 Å². The van der Waals surface area contributed by atoms with Crippen molar-refractivity contribution >= 4 is 17.4 Å². The Morgan fingerprint density at radius 1 is 1.25 bits per heavy atom. The van der Waals surface area contributed by atoms with E-state index in [0.717, 1.165) is 0 Å². The Balaban J connectivity index is 2.34. The molecule has 0 saturated heterocycles. The number of carbonyl (C=O) groups is 1. The van der Waals surface area contributed by atoms with Crippen LogP contribution in [0.4, 0.5) is 11.5 Å². The van der Waals surface area contributed by atoms with Crippen LogP contribution in [0.25, 0.3) is 0 Å². The van der Waals surface area contributed by atoms with Gasteiger partial charge in [0.2, 0.25) is 11.7 Å². The molecule has 0 bridgehead atoms. The Morgan fingerprint density at radius 3 is 2.55 bits per heavy atom. The number of amides is 1. The van der Waals surface area contributed by atoms with Gasteiger partial charge in [-0.05, 0) is 12.1 Å². The number of hydrogen-bond acceptors (Lipinski definition) is 6. The zero-order valence-corrected chi connectivity index (χ0v) is 10.1. The second-order valence-corrected chi connectivity index (χ2v) is 3.77. The molecule has 4 N–H and O–H groups in total. The van der Waals surface area contributed by atoms with E-state index in [1.54, 1.807) is 12.1 Å². The van der Waals surface area contributed by atoms with Crippen LogP contribution in [-0.4, -0.2) is 15.8 Å². The van der Waals surface area contributed by atoms with E-state index in [1.165, 1.54) is 24.3 Å². The first-order valence-corrected chi connectivity index (χ1v) is 5.46. The van der Waals surface area contributed by atoms with Gasteiger partial charge in [0.15, 0.2) is 0 Å². The molecule has 0 fully saturated rings. The number of nitrogens with zero attached hydrogens (tertiary/aromatic N) is 2. The smallest absolute Gasteiger partial charge is 0.311 e. The van der Waals surface area contributed by atoms with E-state index in [4.69, 9.17) is 16.2 Å². The van der Waals surface area contributed by atoms with Crippen LogP contribution in [-0.2, 0) is 0 Å². The molecule has 0 aliphatic heterocycles. The highest BCUT2D eigenvalue weighted by molar-refractivity contribution is 5.95. The minimum Gasteiger partial charge on any atom is -0.438 e. The van der Waals surface area contributed by atoms with Crippen molar-refractivity contribution < 1.29 is 14.5 Å². The Kier molecular flexibility index (Phi) is 3.47. The molecular formula is C12H10N4O4. The number of anilines is 1. The number of carbonyl (C=O) groups excluding carboxylic acids is 1. The number of nitrogen functional groups attached to an aromatic ring is 1. The molecule has 0 radical (unpaired) electrons. The Bertz CT molecular complexity index is 687. The van der Waals surface area contributed by atoms with Crippen LogP contribution in [0.15, 0.2) is 36.4 Å². The summed E-state index contributed by atoms with van der Waals surface area (Å²) in [5, 5.41) is 10.6. The van der Waals surface area contributed by atoms with E-state index >= 15 is 0 Å². The van der Waals surface area contributed by atoms with Gasteiger partial charge in [-0.15, -0.1) is 0 Å². The summed E-state index contributed by atoms with van der Waals surface area (Å²) < 4.78 is 5.37. The number of benzene rings is 1. The first-order chi connectivity index (χ1) is 9.49. The largest absolute Gasteiger partial charge is 0.438 e. The molecule has 1 amide bonds. The van der Waals surface area contributed by atoms with Crippen LogP contribution < -0.4 is 16.2 Å². The maximum Gasteiger partial charge on any atom is 0.311 e. The van der Waals surface area contributed by atoms with Crippen molar-refractivity contribution in [3.8, 4) is 11.6 Å². The van der Waals surface area contributed by atoms with E-state index < -0.39 is 10.8 Å². The fraction of sp³-hybridized carbons (Fsp3) is 0. The third-order valence-electron chi connectivity index (χ3n) is 2.44. The Labute approximate surface area is 113 Å². The van der Waals surface area contributed by atoms with Gasteiger partial charge in [0.25, 0.3) is 5.91 Å². The first-order valence-electron chi connectivity index (χ1n) is 5.46. The van der Waals surface area contributed by atoms with Crippen molar-refractivity contribution in [3.63, 3.8) is 0 Å². The number of pyridine rings is 1. The molecule has 8 heteroatoms. The molecule has 2 rings (SSSR count). The highest BCUT2D eigenvalue weighted by Crippen LogP contribution is 2.27. The summed E-state index contributed by atoms with van der Waals surface area (Å²) in [6.45, 7) is 0. The molecule has 1 aromatic heterocycles. The Morgan fingerprint density at radius 2 is 1.95 bits per heavy atom. The van der Waals surface area contributed by atoms with Crippen LogP contribution in [0.3, 0.4) is 0 Å². The summed E-state index contributed by atoms with van der Waals surface area (Å²) in [5.74, 6) is -0.706. The zero-order chi connectivity index (χ0) is 14.7. The molecule has 1 heterocycles. The van der Waals surface area contributed by atoms with E-state index in [2.05, 4.69) is 4.98 Å². The van der Waals surface area contributed by atoms with Gasteiger partial charge in [0.05, 0.1) is 10.5 Å². The van der Waals surface area contributed by atoms with E-state index in [1.807, 2.05) is 0 Å². The lowest BCUT2D eigenvalue weighted by atomic mass is 10.2. The lowest BCUT2D eigenvalue weighted by Crippen LogP contribution is -2.12. The normalized spacial score (nSPS) is 10.0. The number of primary amides is 1. The van der Waals surface area contributed by atoms with Gasteiger partial charge >= 0.3 is 5.69 Å². The predicted octanol–water partition coefficient (Wildman–Crippen LogP) is 1.46. The maximum atomic E-state index is 11.2. The van der Waals surface area contributed by atoms with Gasteiger partial charge < -0.3 is 16.2 Å². The van der Waals surface area contributed by atoms with Crippen LogP contribution >= 0.6 is 0 Å². The van der Waals surface area contributed by atoms with Gasteiger partial charge in [-0.3, -0.25) is 14.9 Å². The minimum absolute atomic E-state index is 0.0294. The SMILES string of the molecule is NC(=O)c1ccccc1Oc1ccc([N+](=O)[O-])c(N)n1. The van der Waals surface area contributed by atoms with Crippen molar-refractivity contribution in [1.82, 2.24) is 4.98 Å². The molecule has 2 aromatic rings. The standard InChI is InChI=1S/C12H10N4O4/c13-11-8(16(18)19)5-6-10(15-11)20-9-4-2-1-3-7(9)12(14)17/h1-6H,(H2,13,15)(H2,14,17). The molecule has 8 nitrogen and oxygen atoms in total. The second kappa shape index (κ2) is 5.22. The topological polar surface area (TPSA) is 134 Å². The molecule has 1 aromatic carbocycles. The molecule has 0 atom stereocenters. The van der Waals surface area contributed by atoms with Gasteiger partial charge in [-0.1, -0.05) is 12.1 Å². The van der Waals surface area contributed by atoms with Crippen molar-refractivity contribution in [2.75, 3.05) is 5.73 Å². The molecule has 0 aliphatic carbocycles. The molecule has 102 valence electrons. The minimum atomic E-state index is -0.657. The highest BCUT2D eigenvalue weighted by atomic mass is 16.6. The quantitative estimate of drug-likeness (QED) is 0.640.